The van der Waals surface area contributed by atoms with Crippen molar-refractivity contribution in [3.8, 4) is 0 Å². The summed E-state index contributed by atoms with van der Waals surface area (Å²) < 4.78 is 0. The summed E-state index contributed by atoms with van der Waals surface area (Å²) in [5, 5.41) is 3.33. The second kappa shape index (κ2) is 5.36. The van der Waals surface area contributed by atoms with Crippen LogP contribution in [0.25, 0.3) is 0 Å². The highest BCUT2D eigenvalue weighted by molar-refractivity contribution is 4.90. The summed E-state index contributed by atoms with van der Waals surface area (Å²) in [6, 6.07) is 0.545. The fourth-order valence-electron chi connectivity index (χ4n) is 2.22. The van der Waals surface area contributed by atoms with Gasteiger partial charge in [0.25, 0.3) is 0 Å². The molecule has 0 aromatic heterocycles. The number of hydrogen-bond acceptors (Lipinski definition) is 1. The first kappa shape index (κ1) is 9.79. The van der Waals surface area contributed by atoms with Gasteiger partial charge in [-0.1, -0.05) is 31.8 Å². The Balaban J connectivity index is 2.40. The monoisotopic (exact) mass is 167 g/mol. The van der Waals surface area contributed by atoms with Gasteiger partial charge in [-0.25, -0.2) is 0 Å². The normalized spacial score (nSPS) is 23.1. The van der Waals surface area contributed by atoms with Crippen LogP contribution < -0.4 is 5.32 Å². The molecule has 0 heterocycles. The summed E-state index contributed by atoms with van der Waals surface area (Å²) in [5.74, 6) is 0.843. The van der Waals surface area contributed by atoms with Gasteiger partial charge in [0.15, 0.2) is 0 Å². The second-order valence-electron chi connectivity index (χ2n) is 3.80. The largest absolute Gasteiger partial charge is 0.313 e. The summed E-state index contributed by atoms with van der Waals surface area (Å²) in [6.07, 6.45) is 10.5. The second-order valence-corrected chi connectivity index (χ2v) is 3.80. The van der Waals surface area contributed by atoms with E-state index in [9.17, 15) is 0 Å². The predicted octanol–water partition coefficient (Wildman–Crippen LogP) is 2.73. The Labute approximate surface area is 76.2 Å². The van der Waals surface area contributed by atoms with Gasteiger partial charge in [-0.2, -0.15) is 0 Å². The number of nitrogens with one attached hydrogen (secondary N) is 1. The van der Waals surface area contributed by atoms with Crippen molar-refractivity contribution in [2.75, 3.05) is 7.05 Å². The molecule has 0 radical (unpaired) electrons. The number of rotatable bonds is 3. The lowest BCUT2D eigenvalue weighted by atomic mass is 9.92. The van der Waals surface area contributed by atoms with Crippen molar-refractivity contribution < 1.29 is 0 Å². The van der Waals surface area contributed by atoms with Gasteiger partial charge in [-0.3, -0.25) is 0 Å². The molecular weight excluding hydrogens is 146 g/mol. The van der Waals surface area contributed by atoms with E-state index in [1.54, 1.807) is 0 Å². The maximum absolute atomic E-state index is 3.88. The van der Waals surface area contributed by atoms with Gasteiger partial charge in [-0.05, 0) is 25.8 Å². The minimum Gasteiger partial charge on any atom is -0.313 e. The molecule has 1 unspecified atom stereocenters. The first-order chi connectivity index (χ1) is 5.88. The van der Waals surface area contributed by atoms with Gasteiger partial charge < -0.3 is 5.32 Å². The van der Waals surface area contributed by atoms with Crippen LogP contribution in [-0.4, -0.2) is 13.1 Å². The molecule has 0 saturated heterocycles. The third-order valence-corrected chi connectivity index (χ3v) is 2.99. The minimum atomic E-state index is 0.545. The van der Waals surface area contributed by atoms with Crippen molar-refractivity contribution in [3.05, 3.63) is 12.7 Å². The smallest absolute Gasteiger partial charge is 0.0272 e. The molecule has 0 aliphatic heterocycles. The molecule has 70 valence electrons. The molecule has 1 fully saturated rings. The molecule has 0 aromatic rings. The molecule has 1 aliphatic rings. The molecule has 1 aliphatic carbocycles. The Bertz CT molecular complexity index is 123. The molecule has 0 spiro atoms. The van der Waals surface area contributed by atoms with Crippen LogP contribution in [0.1, 0.15) is 38.5 Å². The van der Waals surface area contributed by atoms with Crippen LogP contribution in [0.2, 0.25) is 0 Å². The van der Waals surface area contributed by atoms with Gasteiger partial charge >= 0.3 is 0 Å². The molecule has 1 nitrogen and oxygen atoms in total. The van der Waals surface area contributed by atoms with E-state index in [-0.39, 0.29) is 0 Å². The summed E-state index contributed by atoms with van der Waals surface area (Å²) in [4.78, 5) is 0. The fourth-order valence-corrected chi connectivity index (χ4v) is 2.22. The molecule has 1 saturated carbocycles. The average molecular weight is 167 g/mol. The molecule has 1 N–H and O–H groups in total. The average Bonchev–Trinajstić information content (AvgIpc) is 2.35. The quantitative estimate of drug-likeness (QED) is 0.503. The van der Waals surface area contributed by atoms with Crippen molar-refractivity contribution in [2.45, 2.75) is 44.6 Å². The maximum Gasteiger partial charge on any atom is 0.0272 e. The van der Waals surface area contributed by atoms with E-state index in [4.69, 9.17) is 0 Å². The lowest BCUT2D eigenvalue weighted by Gasteiger charge is -2.22. The van der Waals surface area contributed by atoms with Crippen LogP contribution in [0.4, 0.5) is 0 Å². The molecule has 1 heteroatoms. The van der Waals surface area contributed by atoms with Gasteiger partial charge in [-0.15, -0.1) is 6.58 Å². The van der Waals surface area contributed by atoms with E-state index in [1.165, 1.54) is 38.5 Å². The van der Waals surface area contributed by atoms with E-state index in [2.05, 4.69) is 18.0 Å². The van der Waals surface area contributed by atoms with Crippen LogP contribution in [0.3, 0.4) is 0 Å². The van der Waals surface area contributed by atoms with Crippen LogP contribution in [-0.2, 0) is 0 Å². The first-order valence-electron chi connectivity index (χ1n) is 5.18. The highest BCUT2D eigenvalue weighted by Gasteiger charge is 2.18. The van der Waals surface area contributed by atoms with E-state index in [0.29, 0.717) is 6.04 Å². The summed E-state index contributed by atoms with van der Waals surface area (Å²) in [5.41, 5.74) is 0. The lowest BCUT2D eigenvalue weighted by molar-refractivity contribution is 0.381. The van der Waals surface area contributed by atoms with Gasteiger partial charge in [0.05, 0.1) is 0 Å². The van der Waals surface area contributed by atoms with E-state index in [1.807, 2.05) is 7.05 Å². The summed E-state index contributed by atoms with van der Waals surface area (Å²) in [6.45, 7) is 3.88. The van der Waals surface area contributed by atoms with Crippen LogP contribution in [0, 0.1) is 5.92 Å². The summed E-state index contributed by atoms with van der Waals surface area (Å²) >= 11 is 0. The topological polar surface area (TPSA) is 12.0 Å². The highest BCUT2D eigenvalue weighted by Crippen LogP contribution is 2.25. The zero-order valence-corrected chi connectivity index (χ0v) is 8.18. The SMILES string of the molecule is C=CC(NC)C1CCCCCC1. The van der Waals surface area contributed by atoms with Crippen LogP contribution in [0.15, 0.2) is 12.7 Å². The number of likely N-dealkylation sites (N-methyl/N-ethyl adjacent to an activating group) is 1. The first-order valence-corrected chi connectivity index (χ1v) is 5.18. The van der Waals surface area contributed by atoms with Crippen LogP contribution in [0.5, 0.6) is 0 Å². The van der Waals surface area contributed by atoms with Crippen molar-refractivity contribution in [1.29, 1.82) is 0 Å². The summed E-state index contributed by atoms with van der Waals surface area (Å²) in [7, 11) is 2.04. The third-order valence-electron chi connectivity index (χ3n) is 2.99. The van der Waals surface area contributed by atoms with E-state index in [0.717, 1.165) is 5.92 Å². The van der Waals surface area contributed by atoms with Gasteiger partial charge in [0.1, 0.15) is 0 Å². The van der Waals surface area contributed by atoms with Crippen molar-refractivity contribution in [1.82, 2.24) is 5.32 Å². The Morgan fingerprint density at radius 2 is 1.83 bits per heavy atom. The highest BCUT2D eigenvalue weighted by atomic mass is 14.9. The van der Waals surface area contributed by atoms with E-state index < -0.39 is 0 Å². The Hall–Kier alpha value is -0.300. The molecule has 0 amide bonds. The predicted molar refractivity (Wildman–Crippen MR) is 54.2 cm³/mol. The number of hydrogen-bond donors (Lipinski definition) is 1. The molecular formula is C11H21N. The minimum absolute atomic E-state index is 0.545. The maximum atomic E-state index is 3.88. The Morgan fingerprint density at radius 3 is 2.25 bits per heavy atom. The zero-order valence-electron chi connectivity index (χ0n) is 8.18. The van der Waals surface area contributed by atoms with Crippen molar-refractivity contribution in [3.63, 3.8) is 0 Å². The van der Waals surface area contributed by atoms with Crippen molar-refractivity contribution >= 4 is 0 Å². The Morgan fingerprint density at radius 1 is 1.25 bits per heavy atom. The molecule has 1 rings (SSSR count). The Kier molecular flexibility index (Phi) is 4.37. The fraction of sp³-hybridized carbons (Fsp3) is 0.818. The molecule has 0 bridgehead atoms. The molecule has 12 heavy (non-hydrogen) atoms. The van der Waals surface area contributed by atoms with Gasteiger partial charge in [0, 0.05) is 6.04 Å². The standard InChI is InChI=1S/C11H21N/c1-3-11(12-2)10-8-6-4-5-7-9-10/h3,10-12H,1,4-9H2,2H3. The third kappa shape index (κ3) is 2.63. The zero-order chi connectivity index (χ0) is 8.81. The molecule has 0 aromatic carbocycles. The van der Waals surface area contributed by atoms with Crippen LogP contribution >= 0.6 is 0 Å². The lowest BCUT2D eigenvalue weighted by Crippen LogP contribution is -2.31. The molecule has 1 atom stereocenters. The van der Waals surface area contributed by atoms with E-state index >= 15 is 0 Å². The van der Waals surface area contributed by atoms with Crippen molar-refractivity contribution in [2.24, 2.45) is 5.92 Å². The van der Waals surface area contributed by atoms with Gasteiger partial charge in [0.2, 0.25) is 0 Å².